The molecule has 29 heavy (non-hydrogen) atoms. The number of rotatable bonds is 11. The maximum absolute atomic E-state index is 4.38. The average Bonchev–Trinajstić information content (AvgIpc) is 3.23. The second-order valence-electron chi connectivity index (χ2n) is 7.41. The average molecular weight is 400 g/mol. The summed E-state index contributed by atoms with van der Waals surface area (Å²) in [5.41, 5.74) is 1.30. The zero-order valence-corrected chi connectivity index (χ0v) is 18.6. The molecule has 0 amide bonds. The summed E-state index contributed by atoms with van der Waals surface area (Å²) in [5.74, 6) is 1.82. The maximum atomic E-state index is 4.38. The Labute approximate surface area is 175 Å². The van der Waals surface area contributed by atoms with Crippen LogP contribution >= 0.6 is 0 Å². The van der Waals surface area contributed by atoms with E-state index in [1.165, 1.54) is 5.56 Å². The fraction of sp³-hybridized carbons (Fsp3) is 0.591. The minimum absolute atomic E-state index is 0.00345. The molecular formula is C22H37N7. The second-order valence-corrected chi connectivity index (χ2v) is 7.41. The predicted molar refractivity (Wildman–Crippen MR) is 120 cm³/mol. The van der Waals surface area contributed by atoms with Gasteiger partial charge in [-0.15, -0.1) is 10.2 Å². The van der Waals surface area contributed by atoms with Crippen molar-refractivity contribution in [1.29, 1.82) is 0 Å². The lowest BCUT2D eigenvalue weighted by molar-refractivity contribution is 0.271. The van der Waals surface area contributed by atoms with E-state index in [-0.39, 0.29) is 11.6 Å². The highest BCUT2D eigenvalue weighted by atomic mass is 15.3. The van der Waals surface area contributed by atoms with E-state index >= 15 is 0 Å². The van der Waals surface area contributed by atoms with Crippen LogP contribution in [-0.2, 0) is 13.0 Å². The van der Waals surface area contributed by atoms with E-state index in [2.05, 4.69) is 93.7 Å². The minimum atomic E-state index is -0.00345. The fourth-order valence-electron chi connectivity index (χ4n) is 3.55. The Morgan fingerprint density at radius 3 is 2.48 bits per heavy atom. The molecule has 3 N–H and O–H groups in total. The van der Waals surface area contributed by atoms with Crippen LogP contribution in [0.15, 0.2) is 41.7 Å². The monoisotopic (exact) mass is 399 g/mol. The van der Waals surface area contributed by atoms with Gasteiger partial charge in [-0.1, -0.05) is 51.1 Å². The number of nitrogens with one attached hydrogen (secondary N) is 3. The molecule has 0 aliphatic carbocycles. The highest BCUT2D eigenvalue weighted by molar-refractivity contribution is 5.79. The molecule has 7 heteroatoms. The Hall–Kier alpha value is -2.41. The van der Waals surface area contributed by atoms with Gasteiger partial charge < -0.3 is 20.5 Å². The van der Waals surface area contributed by atoms with E-state index in [0.717, 1.165) is 50.7 Å². The van der Waals surface area contributed by atoms with Crippen LogP contribution in [0.5, 0.6) is 0 Å². The molecule has 1 atom stereocenters. The zero-order chi connectivity index (χ0) is 21.1. The van der Waals surface area contributed by atoms with Crippen LogP contribution < -0.4 is 16.0 Å². The lowest BCUT2D eigenvalue weighted by atomic mass is 9.90. The summed E-state index contributed by atoms with van der Waals surface area (Å²) < 4.78 is 2.08. The van der Waals surface area contributed by atoms with Gasteiger partial charge in [0.25, 0.3) is 0 Å². The van der Waals surface area contributed by atoms with Crippen molar-refractivity contribution in [3.63, 3.8) is 0 Å². The number of hydrogen-bond acceptors (Lipinski definition) is 4. The Kier molecular flexibility index (Phi) is 9.12. The van der Waals surface area contributed by atoms with Crippen molar-refractivity contribution in [3.8, 4) is 0 Å². The van der Waals surface area contributed by atoms with Crippen molar-refractivity contribution in [2.24, 2.45) is 4.99 Å². The second kappa shape index (κ2) is 11.6. The molecule has 0 aliphatic rings. The largest absolute Gasteiger partial charge is 0.355 e. The first kappa shape index (κ1) is 22.9. The molecule has 0 radical (unpaired) electrons. The van der Waals surface area contributed by atoms with Crippen molar-refractivity contribution < 1.29 is 0 Å². The molecule has 0 fully saturated rings. The fourth-order valence-corrected chi connectivity index (χ4v) is 3.55. The first-order valence-corrected chi connectivity index (χ1v) is 10.7. The summed E-state index contributed by atoms with van der Waals surface area (Å²) in [4.78, 5) is 4.38. The van der Waals surface area contributed by atoms with Crippen molar-refractivity contribution in [3.05, 3.63) is 48.0 Å². The van der Waals surface area contributed by atoms with Crippen molar-refractivity contribution >= 4 is 5.96 Å². The van der Waals surface area contributed by atoms with Gasteiger partial charge in [0.15, 0.2) is 5.96 Å². The molecule has 1 heterocycles. The van der Waals surface area contributed by atoms with E-state index in [4.69, 9.17) is 0 Å². The van der Waals surface area contributed by atoms with Gasteiger partial charge in [-0.3, -0.25) is 4.99 Å². The third-order valence-electron chi connectivity index (χ3n) is 5.65. The van der Waals surface area contributed by atoms with E-state index in [0.29, 0.717) is 0 Å². The predicted octanol–water partition coefficient (Wildman–Crippen LogP) is 2.92. The first-order valence-electron chi connectivity index (χ1n) is 10.7. The molecule has 1 aromatic heterocycles. The van der Waals surface area contributed by atoms with Crippen LogP contribution in [0.2, 0.25) is 0 Å². The highest BCUT2D eigenvalue weighted by Crippen LogP contribution is 2.21. The van der Waals surface area contributed by atoms with Crippen LogP contribution in [0.4, 0.5) is 0 Å². The van der Waals surface area contributed by atoms with E-state index < -0.39 is 0 Å². The van der Waals surface area contributed by atoms with E-state index in [1.54, 1.807) is 6.33 Å². The normalized spacial score (nSPS) is 13.3. The lowest BCUT2D eigenvalue weighted by Crippen LogP contribution is -2.55. The Morgan fingerprint density at radius 2 is 1.86 bits per heavy atom. The molecule has 0 spiro atoms. The van der Waals surface area contributed by atoms with Crippen LogP contribution in [0.1, 0.15) is 58.0 Å². The van der Waals surface area contributed by atoms with Gasteiger partial charge in [0, 0.05) is 44.7 Å². The van der Waals surface area contributed by atoms with Gasteiger partial charge in [0.05, 0.1) is 0 Å². The molecular weight excluding hydrogens is 362 g/mol. The third-order valence-corrected chi connectivity index (χ3v) is 5.65. The SMILES string of the molecule is CCc1nncn1CCNC(=NC)NCC(CC)(CC)NC(C)c1ccccc1. The van der Waals surface area contributed by atoms with Crippen molar-refractivity contribution in [2.75, 3.05) is 20.1 Å². The molecule has 2 aromatic rings. The lowest BCUT2D eigenvalue weighted by Gasteiger charge is -2.37. The molecule has 1 aromatic carbocycles. The van der Waals surface area contributed by atoms with Gasteiger partial charge in [0.1, 0.15) is 12.2 Å². The molecule has 0 saturated heterocycles. The number of benzene rings is 1. The highest BCUT2D eigenvalue weighted by Gasteiger charge is 2.28. The van der Waals surface area contributed by atoms with Crippen LogP contribution in [0.25, 0.3) is 0 Å². The van der Waals surface area contributed by atoms with E-state index in [1.807, 2.05) is 7.05 Å². The molecule has 0 aliphatic heterocycles. The number of hydrogen-bond donors (Lipinski definition) is 3. The topological polar surface area (TPSA) is 79.2 Å². The summed E-state index contributed by atoms with van der Waals surface area (Å²) in [6.07, 6.45) is 4.73. The number of guanidine groups is 1. The smallest absolute Gasteiger partial charge is 0.191 e. The molecule has 0 saturated carbocycles. The summed E-state index contributed by atoms with van der Waals surface area (Å²) >= 11 is 0. The Bertz CT molecular complexity index is 735. The summed E-state index contributed by atoms with van der Waals surface area (Å²) in [5, 5.41) is 18.9. The Balaban J connectivity index is 1.89. The van der Waals surface area contributed by atoms with Crippen LogP contribution in [0, 0.1) is 0 Å². The van der Waals surface area contributed by atoms with Gasteiger partial charge in [-0.2, -0.15) is 0 Å². The van der Waals surface area contributed by atoms with Gasteiger partial charge in [0.2, 0.25) is 0 Å². The number of aromatic nitrogens is 3. The van der Waals surface area contributed by atoms with E-state index in [9.17, 15) is 0 Å². The molecule has 1 unspecified atom stereocenters. The standard InChI is InChI=1S/C22H37N7/c1-6-20-28-26-17-29(20)15-14-24-21(23-5)25-16-22(7-2,8-3)27-18(4)19-12-10-9-11-13-19/h9-13,17-18,27H,6-8,14-16H2,1-5H3,(H2,23,24,25). The summed E-state index contributed by atoms with van der Waals surface area (Å²) in [7, 11) is 1.81. The summed E-state index contributed by atoms with van der Waals surface area (Å²) in [6.45, 7) is 11.2. The van der Waals surface area contributed by atoms with Gasteiger partial charge in [-0.05, 0) is 25.3 Å². The molecule has 160 valence electrons. The summed E-state index contributed by atoms with van der Waals surface area (Å²) in [6, 6.07) is 10.9. The maximum Gasteiger partial charge on any atom is 0.191 e. The van der Waals surface area contributed by atoms with Gasteiger partial charge >= 0.3 is 0 Å². The minimum Gasteiger partial charge on any atom is -0.355 e. The van der Waals surface area contributed by atoms with Crippen LogP contribution in [-0.4, -0.2) is 46.4 Å². The van der Waals surface area contributed by atoms with Crippen molar-refractivity contribution in [1.82, 2.24) is 30.7 Å². The van der Waals surface area contributed by atoms with Crippen LogP contribution in [0.3, 0.4) is 0 Å². The quantitative estimate of drug-likeness (QED) is 0.400. The number of nitrogens with zero attached hydrogens (tertiary/aromatic N) is 4. The molecule has 2 rings (SSSR count). The molecule has 0 bridgehead atoms. The van der Waals surface area contributed by atoms with Gasteiger partial charge in [-0.25, -0.2) is 0 Å². The number of aryl methyl sites for hydroxylation is 1. The third kappa shape index (κ3) is 6.56. The first-order chi connectivity index (χ1) is 14.1. The Morgan fingerprint density at radius 1 is 1.14 bits per heavy atom. The molecule has 7 nitrogen and oxygen atoms in total. The van der Waals surface area contributed by atoms with Crippen molar-refractivity contribution in [2.45, 2.75) is 65.1 Å². The number of aliphatic imine (C=N–C) groups is 1. The zero-order valence-electron chi connectivity index (χ0n) is 18.6.